The fourth-order valence-corrected chi connectivity index (χ4v) is 4.72. The summed E-state index contributed by atoms with van der Waals surface area (Å²) in [4.78, 5) is 19.8. The molecule has 0 unspecified atom stereocenters. The largest absolute Gasteiger partial charge is 0.356 e. The molecule has 0 amide bonds. The van der Waals surface area contributed by atoms with Crippen LogP contribution in [-0.4, -0.2) is 9.79 Å². The van der Waals surface area contributed by atoms with E-state index in [9.17, 15) is 14.4 Å². The van der Waals surface area contributed by atoms with E-state index in [4.69, 9.17) is 0 Å². The smallest absolute Gasteiger partial charge is 0.321 e. The van der Waals surface area contributed by atoms with E-state index in [1.807, 2.05) is 78.9 Å². The Morgan fingerprint density at radius 1 is 0.562 bits per heavy atom. The van der Waals surface area contributed by atoms with Crippen molar-refractivity contribution in [1.82, 2.24) is 0 Å². The molecule has 5 nitrogen and oxygen atoms in total. The van der Waals surface area contributed by atoms with Gasteiger partial charge in [-0.15, -0.1) is 10.2 Å². The number of azo groups is 1. The van der Waals surface area contributed by atoms with Crippen molar-refractivity contribution in [3.63, 3.8) is 0 Å². The SMILES string of the molecule is O=P(O)(O)c1ccccc1-c1ccc2ccccc2c1N=Nc1cccc2ccccc12. The van der Waals surface area contributed by atoms with E-state index >= 15 is 0 Å². The van der Waals surface area contributed by atoms with Gasteiger partial charge in [0.15, 0.2) is 0 Å². The van der Waals surface area contributed by atoms with Gasteiger partial charge in [-0.3, -0.25) is 4.57 Å². The molecule has 5 aromatic carbocycles. The van der Waals surface area contributed by atoms with E-state index in [1.54, 1.807) is 18.2 Å². The molecule has 0 spiro atoms. The third-order valence-electron chi connectivity index (χ3n) is 5.43. The molecule has 0 heterocycles. The van der Waals surface area contributed by atoms with Gasteiger partial charge in [-0.05, 0) is 28.5 Å². The minimum absolute atomic E-state index is 0.0307. The highest BCUT2D eigenvalue weighted by atomic mass is 31.2. The van der Waals surface area contributed by atoms with Crippen molar-refractivity contribution in [2.75, 3.05) is 0 Å². The van der Waals surface area contributed by atoms with Crippen LogP contribution in [-0.2, 0) is 4.57 Å². The second kappa shape index (κ2) is 8.13. The average Bonchev–Trinajstić information content (AvgIpc) is 2.82. The van der Waals surface area contributed by atoms with Crippen LogP contribution in [0.15, 0.2) is 113 Å². The van der Waals surface area contributed by atoms with Crippen LogP contribution in [0, 0.1) is 0 Å². The number of benzene rings is 5. The molecule has 0 radical (unpaired) electrons. The van der Waals surface area contributed by atoms with Crippen LogP contribution in [0.2, 0.25) is 0 Å². The van der Waals surface area contributed by atoms with Gasteiger partial charge in [0.05, 0.1) is 11.0 Å². The summed E-state index contributed by atoms with van der Waals surface area (Å²) in [6, 6.07) is 31.9. The zero-order valence-electron chi connectivity index (χ0n) is 17.0. The lowest BCUT2D eigenvalue weighted by Crippen LogP contribution is -2.07. The molecular formula is C26H19N2O3P. The second-order valence-corrected chi connectivity index (χ2v) is 9.01. The minimum Gasteiger partial charge on any atom is -0.321 e. The number of hydrogen-bond acceptors (Lipinski definition) is 3. The molecule has 0 fully saturated rings. The first kappa shape index (κ1) is 20.3. The van der Waals surface area contributed by atoms with Crippen molar-refractivity contribution < 1.29 is 14.4 Å². The van der Waals surface area contributed by atoms with Crippen LogP contribution >= 0.6 is 7.60 Å². The fraction of sp³-hybridized carbons (Fsp3) is 0. The van der Waals surface area contributed by atoms with Crippen LogP contribution < -0.4 is 5.30 Å². The Labute approximate surface area is 184 Å². The van der Waals surface area contributed by atoms with Crippen molar-refractivity contribution >= 4 is 45.8 Å². The molecular weight excluding hydrogens is 419 g/mol. The highest BCUT2D eigenvalue weighted by Gasteiger charge is 2.23. The summed E-state index contributed by atoms with van der Waals surface area (Å²) in [5.74, 6) is 0. The van der Waals surface area contributed by atoms with Crippen molar-refractivity contribution in [3.05, 3.63) is 103 Å². The van der Waals surface area contributed by atoms with E-state index < -0.39 is 7.60 Å². The highest BCUT2D eigenvalue weighted by Crippen LogP contribution is 2.43. The monoisotopic (exact) mass is 438 g/mol. The Kier molecular flexibility index (Phi) is 5.16. The zero-order valence-corrected chi connectivity index (χ0v) is 17.9. The van der Waals surface area contributed by atoms with Gasteiger partial charge in [-0.2, -0.15) is 0 Å². The van der Waals surface area contributed by atoms with E-state index in [2.05, 4.69) is 10.2 Å². The van der Waals surface area contributed by atoms with E-state index in [0.717, 1.165) is 27.2 Å². The molecule has 5 aromatic rings. The maximum Gasteiger partial charge on any atom is 0.356 e. The first-order valence-electron chi connectivity index (χ1n) is 10.1. The van der Waals surface area contributed by atoms with Gasteiger partial charge >= 0.3 is 7.60 Å². The fourth-order valence-electron chi connectivity index (χ4n) is 3.93. The Morgan fingerprint density at radius 2 is 1.19 bits per heavy atom. The zero-order chi connectivity index (χ0) is 22.1. The summed E-state index contributed by atoms with van der Waals surface area (Å²) in [6.45, 7) is 0. The van der Waals surface area contributed by atoms with Crippen molar-refractivity contribution in [2.45, 2.75) is 0 Å². The molecule has 0 saturated heterocycles. The van der Waals surface area contributed by atoms with Crippen LogP contribution in [0.1, 0.15) is 0 Å². The topological polar surface area (TPSA) is 82.2 Å². The quantitative estimate of drug-likeness (QED) is 0.237. The number of hydrogen-bond donors (Lipinski definition) is 2. The van der Waals surface area contributed by atoms with Gasteiger partial charge in [0.1, 0.15) is 5.69 Å². The number of fused-ring (bicyclic) bond motifs is 2. The lowest BCUT2D eigenvalue weighted by atomic mass is 9.98. The molecule has 32 heavy (non-hydrogen) atoms. The van der Waals surface area contributed by atoms with Crippen LogP contribution in [0.3, 0.4) is 0 Å². The van der Waals surface area contributed by atoms with E-state index in [1.165, 1.54) is 6.07 Å². The van der Waals surface area contributed by atoms with Gasteiger partial charge in [-0.1, -0.05) is 91.0 Å². The van der Waals surface area contributed by atoms with Gasteiger partial charge < -0.3 is 9.79 Å². The van der Waals surface area contributed by atoms with Crippen molar-refractivity contribution in [2.24, 2.45) is 10.2 Å². The van der Waals surface area contributed by atoms with Gasteiger partial charge in [0.2, 0.25) is 0 Å². The summed E-state index contributed by atoms with van der Waals surface area (Å²) in [5.41, 5.74) is 2.35. The Hall–Kier alpha value is -3.63. The third kappa shape index (κ3) is 3.74. The number of rotatable bonds is 4. The summed E-state index contributed by atoms with van der Waals surface area (Å²) in [6.07, 6.45) is 0. The maximum absolute atomic E-state index is 12.2. The van der Waals surface area contributed by atoms with Crippen LogP contribution in [0.5, 0.6) is 0 Å². The van der Waals surface area contributed by atoms with Crippen LogP contribution in [0.25, 0.3) is 32.7 Å². The lowest BCUT2D eigenvalue weighted by molar-refractivity contribution is 0.387. The van der Waals surface area contributed by atoms with Crippen LogP contribution in [0.4, 0.5) is 11.4 Å². The molecule has 0 aliphatic carbocycles. The standard InChI is InChI=1S/C26H19N2O3P/c29-32(30,31)25-15-6-5-13-22(25)23-17-16-19-9-2-4-12-21(19)26(23)28-27-24-14-7-10-18-8-1-3-11-20(18)24/h1-17H,(H2,29,30,31). The number of nitrogens with zero attached hydrogens (tertiary/aromatic N) is 2. The summed E-state index contributed by atoms with van der Waals surface area (Å²) < 4.78 is 12.2. The Bertz CT molecular complexity index is 1530. The summed E-state index contributed by atoms with van der Waals surface area (Å²) in [5, 5.41) is 13.0. The average molecular weight is 438 g/mol. The van der Waals surface area contributed by atoms with Crippen molar-refractivity contribution in [1.29, 1.82) is 0 Å². The molecule has 5 rings (SSSR count). The Morgan fingerprint density at radius 3 is 1.97 bits per heavy atom. The van der Waals surface area contributed by atoms with Gasteiger partial charge in [-0.25, -0.2) is 0 Å². The molecule has 0 aliphatic rings. The Balaban J connectivity index is 1.76. The predicted molar refractivity (Wildman–Crippen MR) is 129 cm³/mol. The first-order chi connectivity index (χ1) is 15.5. The maximum atomic E-state index is 12.2. The van der Waals surface area contributed by atoms with Gasteiger partial charge in [0, 0.05) is 16.3 Å². The van der Waals surface area contributed by atoms with E-state index in [-0.39, 0.29) is 5.30 Å². The predicted octanol–water partition coefficient (Wildman–Crippen LogP) is 6.88. The molecule has 0 saturated carbocycles. The summed E-state index contributed by atoms with van der Waals surface area (Å²) >= 11 is 0. The molecule has 0 bridgehead atoms. The third-order valence-corrected chi connectivity index (χ3v) is 6.45. The molecule has 2 N–H and O–H groups in total. The molecule has 0 aliphatic heterocycles. The minimum atomic E-state index is -4.48. The van der Waals surface area contributed by atoms with Crippen molar-refractivity contribution in [3.8, 4) is 11.1 Å². The molecule has 6 heteroatoms. The molecule has 156 valence electrons. The molecule has 0 aromatic heterocycles. The lowest BCUT2D eigenvalue weighted by Gasteiger charge is -2.14. The van der Waals surface area contributed by atoms with E-state index in [0.29, 0.717) is 16.8 Å². The summed E-state index contributed by atoms with van der Waals surface area (Å²) in [7, 11) is -4.48. The van der Waals surface area contributed by atoms with Gasteiger partial charge in [0.25, 0.3) is 0 Å². The second-order valence-electron chi connectivity index (χ2n) is 7.44. The molecule has 0 atom stereocenters. The first-order valence-corrected chi connectivity index (χ1v) is 11.7. The highest BCUT2D eigenvalue weighted by molar-refractivity contribution is 7.60. The normalized spacial score (nSPS) is 12.1.